The molecule has 0 aromatic heterocycles. The Labute approximate surface area is 116 Å². The zero-order valence-corrected chi connectivity index (χ0v) is 11.7. The Balaban J connectivity index is 2.73. The molecular formula is C13H18FN3O3. The third kappa shape index (κ3) is 4.58. The third-order valence-electron chi connectivity index (χ3n) is 2.79. The first kappa shape index (κ1) is 16.0. The first-order valence-corrected chi connectivity index (χ1v) is 6.20. The zero-order chi connectivity index (χ0) is 15.3. The van der Waals surface area contributed by atoms with E-state index in [2.05, 4.69) is 5.32 Å². The van der Waals surface area contributed by atoms with Gasteiger partial charge in [-0.1, -0.05) is 0 Å². The summed E-state index contributed by atoms with van der Waals surface area (Å²) in [6.45, 7) is 2.66. The maximum Gasteiger partial charge on any atom is 0.305 e. The van der Waals surface area contributed by atoms with E-state index in [0.717, 1.165) is 25.1 Å². The number of halogens is 1. The van der Waals surface area contributed by atoms with Gasteiger partial charge >= 0.3 is 5.69 Å². The number of nitrogens with zero attached hydrogens (tertiary/aromatic N) is 2. The largest absolute Gasteiger partial charge is 0.350 e. The number of nitrogens with one attached hydrogen (secondary N) is 1. The maximum absolute atomic E-state index is 13.2. The summed E-state index contributed by atoms with van der Waals surface area (Å²) >= 11 is 0. The molecule has 1 N–H and O–H groups in total. The van der Waals surface area contributed by atoms with Crippen molar-refractivity contribution in [2.24, 2.45) is 0 Å². The second-order valence-corrected chi connectivity index (χ2v) is 4.89. The predicted molar refractivity (Wildman–Crippen MR) is 73.2 cm³/mol. The first-order valence-electron chi connectivity index (χ1n) is 6.20. The van der Waals surface area contributed by atoms with E-state index in [1.54, 1.807) is 0 Å². The fourth-order valence-corrected chi connectivity index (χ4v) is 1.62. The number of nitro groups is 1. The van der Waals surface area contributed by atoms with Crippen LogP contribution < -0.4 is 5.32 Å². The topological polar surface area (TPSA) is 75.5 Å². The van der Waals surface area contributed by atoms with Crippen LogP contribution in [0.15, 0.2) is 18.2 Å². The van der Waals surface area contributed by atoms with Gasteiger partial charge in [0, 0.05) is 17.7 Å². The number of rotatable bonds is 6. The molecule has 0 saturated heterocycles. The monoisotopic (exact) mass is 283 g/mol. The number of carbonyl (C=O) groups is 1. The molecule has 20 heavy (non-hydrogen) atoms. The number of hydrogen-bond acceptors (Lipinski definition) is 4. The highest BCUT2D eigenvalue weighted by Gasteiger charge is 2.18. The summed E-state index contributed by atoms with van der Waals surface area (Å²) in [6.07, 6.45) is 0.752. The molecule has 0 fully saturated rings. The van der Waals surface area contributed by atoms with Crippen molar-refractivity contribution in [2.75, 3.05) is 20.6 Å². The average Bonchev–Trinajstić information content (AvgIpc) is 2.36. The summed E-state index contributed by atoms with van der Waals surface area (Å²) in [7, 11) is 3.86. The summed E-state index contributed by atoms with van der Waals surface area (Å²) in [6, 6.07) is 3.03. The van der Waals surface area contributed by atoms with E-state index in [-0.39, 0.29) is 11.6 Å². The number of hydrogen-bond donors (Lipinski definition) is 1. The lowest BCUT2D eigenvalue weighted by atomic mass is 10.1. The fraction of sp³-hybridized carbons (Fsp3) is 0.462. The molecule has 0 aliphatic rings. The van der Waals surface area contributed by atoms with Crippen LogP contribution in [-0.2, 0) is 0 Å². The first-order chi connectivity index (χ1) is 9.31. The van der Waals surface area contributed by atoms with Crippen LogP contribution in [0, 0.1) is 15.9 Å². The van der Waals surface area contributed by atoms with Gasteiger partial charge in [0.2, 0.25) is 5.82 Å². The second kappa shape index (κ2) is 6.95. The molecule has 0 radical (unpaired) electrons. The number of carbonyl (C=O) groups excluding carboxylic acids is 1. The molecule has 1 unspecified atom stereocenters. The Kier molecular flexibility index (Phi) is 5.57. The van der Waals surface area contributed by atoms with Gasteiger partial charge in [-0.2, -0.15) is 4.39 Å². The van der Waals surface area contributed by atoms with Gasteiger partial charge in [0.15, 0.2) is 0 Å². The van der Waals surface area contributed by atoms with E-state index in [1.165, 1.54) is 6.07 Å². The van der Waals surface area contributed by atoms with Gasteiger partial charge in [-0.15, -0.1) is 0 Å². The Morgan fingerprint density at radius 1 is 1.50 bits per heavy atom. The lowest BCUT2D eigenvalue weighted by molar-refractivity contribution is -0.387. The predicted octanol–water partition coefficient (Wildman–Crippen LogP) is 1.80. The molecule has 0 aliphatic carbocycles. The number of nitro benzene ring substituents is 1. The zero-order valence-electron chi connectivity index (χ0n) is 11.7. The van der Waals surface area contributed by atoms with Crippen LogP contribution in [0.5, 0.6) is 0 Å². The quantitative estimate of drug-likeness (QED) is 0.638. The summed E-state index contributed by atoms with van der Waals surface area (Å²) in [5.74, 6) is -1.40. The van der Waals surface area contributed by atoms with Crippen molar-refractivity contribution in [3.05, 3.63) is 39.7 Å². The molecule has 1 aromatic carbocycles. The Morgan fingerprint density at radius 2 is 2.15 bits per heavy atom. The minimum absolute atomic E-state index is 0.0750. The van der Waals surface area contributed by atoms with E-state index in [0.29, 0.717) is 0 Å². The molecule has 0 spiro atoms. The van der Waals surface area contributed by atoms with Gasteiger partial charge in [0.1, 0.15) is 0 Å². The highest BCUT2D eigenvalue weighted by atomic mass is 19.1. The standard InChI is InChI=1S/C13H18FN3O3/c1-9(6-7-16(2)3)15-13(18)10-4-5-11(14)12(8-10)17(19)20/h4-5,8-9H,6-7H2,1-3H3,(H,15,18). The summed E-state index contributed by atoms with van der Waals surface area (Å²) < 4.78 is 13.2. The van der Waals surface area contributed by atoms with Crippen LogP contribution in [0.4, 0.5) is 10.1 Å². The highest BCUT2D eigenvalue weighted by Crippen LogP contribution is 2.18. The minimum atomic E-state index is -0.952. The van der Waals surface area contributed by atoms with E-state index in [9.17, 15) is 19.3 Å². The van der Waals surface area contributed by atoms with Gasteiger partial charge in [-0.25, -0.2) is 0 Å². The molecule has 1 atom stereocenters. The van der Waals surface area contributed by atoms with Crippen molar-refractivity contribution >= 4 is 11.6 Å². The molecule has 0 saturated carbocycles. The lowest BCUT2D eigenvalue weighted by Gasteiger charge is -2.16. The molecule has 1 rings (SSSR count). The Bertz CT molecular complexity index is 506. The normalized spacial score (nSPS) is 12.2. The molecule has 1 aromatic rings. The van der Waals surface area contributed by atoms with Gasteiger partial charge in [0.05, 0.1) is 4.92 Å². The van der Waals surface area contributed by atoms with Crippen molar-refractivity contribution in [3.8, 4) is 0 Å². The van der Waals surface area contributed by atoms with Crippen LogP contribution in [0.25, 0.3) is 0 Å². The Hall–Kier alpha value is -2.02. The average molecular weight is 283 g/mol. The molecular weight excluding hydrogens is 265 g/mol. The van der Waals surface area contributed by atoms with Crippen molar-refractivity contribution < 1.29 is 14.1 Å². The smallest absolute Gasteiger partial charge is 0.305 e. The molecule has 110 valence electrons. The molecule has 0 bridgehead atoms. The number of amides is 1. The molecule has 0 aliphatic heterocycles. The van der Waals surface area contributed by atoms with Gasteiger partial charge in [-0.05, 0) is 46.1 Å². The molecule has 1 amide bonds. The molecule has 6 nitrogen and oxygen atoms in total. The van der Waals surface area contributed by atoms with Crippen LogP contribution >= 0.6 is 0 Å². The van der Waals surface area contributed by atoms with Gasteiger partial charge in [-0.3, -0.25) is 14.9 Å². The van der Waals surface area contributed by atoms with Crippen molar-refractivity contribution in [2.45, 2.75) is 19.4 Å². The second-order valence-electron chi connectivity index (χ2n) is 4.89. The van der Waals surface area contributed by atoms with Crippen LogP contribution in [0.2, 0.25) is 0 Å². The highest BCUT2D eigenvalue weighted by molar-refractivity contribution is 5.95. The summed E-state index contributed by atoms with van der Waals surface area (Å²) in [5, 5.41) is 13.4. The van der Waals surface area contributed by atoms with E-state index >= 15 is 0 Å². The van der Waals surface area contributed by atoms with E-state index < -0.39 is 22.3 Å². The molecule has 7 heteroatoms. The lowest BCUT2D eigenvalue weighted by Crippen LogP contribution is -2.34. The van der Waals surface area contributed by atoms with E-state index in [4.69, 9.17) is 0 Å². The third-order valence-corrected chi connectivity index (χ3v) is 2.79. The SMILES string of the molecule is CC(CCN(C)C)NC(=O)c1ccc(F)c([N+](=O)[O-])c1. The summed E-state index contributed by atoms with van der Waals surface area (Å²) in [5.41, 5.74) is -0.617. The van der Waals surface area contributed by atoms with Crippen molar-refractivity contribution in [1.29, 1.82) is 0 Å². The summed E-state index contributed by atoms with van der Waals surface area (Å²) in [4.78, 5) is 23.7. The fourth-order valence-electron chi connectivity index (χ4n) is 1.62. The van der Waals surface area contributed by atoms with Crippen molar-refractivity contribution in [3.63, 3.8) is 0 Å². The van der Waals surface area contributed by atoms with Gasteiger partial charge in [0.25, 0.3) is 5.91 Å². The Morgan fingerprint density at radius 3 is 2.70 bits per heavy atom. The van der Waals surface area contributed by atoms with Gasteiger partial charge < -0.3 is 10.2 Å². The van der Waals surface area contributed by atoms with Crippen LogP contribution in [0.3, 0.4) is 0 Å². The van der Waals surface area contributed by atoms with E-state index in [1.807, 2.05) is 25.9 Å². The number of benzene rings is 1. The molecule has 0 heterocycles. The maximum atomic E-state index is 13.2. The van der Waals surface area contributed by atoms with Crippen molar-refractivity contribution in [1.82, 2.24) is 10.2 Å². The van der Waals surface area contributed by atoms with Crippen LogP contribution in [-0.4, -0.2) is 42.4 Å². The van der Waals surface area contributed by atoms with Crippen LogP contribution in [0.1, 0.15) is 23.7 Å². The minimum Gasteiger partial charge on any atom is -0.350 e.